The van der Waals surface area contributed by atoms with E-state index in [9.17, 15) is 9.59 Å². The van der Waals surface area contributed by atoms with Gasteiger partial charge in [-0.15, -0.1) is 5.10 Å². The van der Waals surface area contributed by atoms with Gasteiger partial charge in [-0.1, -0.05) is 42.3 Å². The van der Waals surface area contributed by atoms with Crippen LogP contribution in [0.25, 0.3) is 16.8 Å². The number of hydrogen-bond donors (Lipinski definition) is 0. The van der Waals surface area contributed by atoms with Crippen LogP contribution in [0.4, 0.5) is 0 Å². The molecule has 2 aromatic heterocycles. The van der Waals surface area contributed by atoms with Gasteiger partial charge in [0.1, 0.15) is 5.56 Å². The van der Waals surface area contributed by atoms with Crippen molar-refractivity contribution in [2.24, 2.45) is 7.05 Å². The number of benzene rings is 2. The number of methoxy groups -OCH3 is 1. The summed E-state index contributed by atoms with van der Waals surface area (Å²) in [4.78, 5) is 28.4. The van der Waals surface area contributed by atoms with Gasteiger partial charge in [-0.05, 0) is 73.6 Å². The SMILES string of the molecule is CCC[C@@H]1CCCCN1C(=O)c1cccc(-c2cc(Cl)cc(-n3ncc(C(=O)OC)c3C3CC3c3cn(C)nn3)c2)c1. The van der Waals surface area contributed by atoms with Crippen LogP contribution in [-0.4, -0.2) is 61.2 Å². The van der Waals surface area contributed by atoms with Gasteiger partial charge in [-0.2, -0.15) is 5.10 Å². The van der Waals surface area contributed by atoms with Crippen molar-refractivity contribution in [2.45, 2.75) is 63.3 Å². The lowest BCUT2D eigenvalue weighted by Gasteiger charge is -2.36. The molecule has 2 aliphatic rings. The van der Waals surface area contributed by atoms with Gasteiger partial charge in [0.25, 0.3) is 5.91 Å². The average molecular weight is 587 g/mol. The molecule has 1 aliphatic heterocycles. The lowest BCUT2D eigenvalue weighted by molar-refractivity contribution is 0.0592. The van der Waals surface area contributed by atoms with E-state index in [1.165, 1.54) is 13.5 Å². The van der Waals surface area contributed by atoms with Crippen LogP contribution in [0.1, 0.15) is 89.4 Å². The third kappa shape index (κ3) is 5.45. The molecule has 0 radical (unpaired) electrons. The molecular formula is C32H35ClN6O3. The number of likely N-dealkylation sites (tertiary alicyclic amines) is 1. The third-order valence-electron chi connectivity index (χ3n) is 8.43. The van der Waals surface area contributed by atoms with E-state index in [2.05, 4.69) is 27.2 Å². The molecule has 42 heavy (non-hydrogen) atoms. The molecule has 9 nitrogen and oxygen atoms in total. The lowest BCUT2D eigenvalue weighted by Crippen LogP contribution is -2.43. The predicted octanol–water partition coefficient (Wildman–Crippen LogP) is 6.17. The minimum atomic E-state index is -0.436. The highest BCUT2D eigenvalue weighted by Gasteiger charge is 2.46. The highest BCUT2D eigenvalue weighted by atomic mass is 35.5. The van der Waals surface area contributed by atoms with Gasteiger partial charge in [-0.25, -0.2) is 9.48 Å². The first-order chi connectivity index (χ1) is 20.4. The summed E-state index contributed by atoms with van der Waals surface area (Å²) >= 11 is 6.67. The van der Waals surface area contributed by atoms with E-state index in [0.717, 1.165) is 66.9 Å². The summed E-state index contributed by atoms with van der Waals surface area (Å²) in [5.41, 5.74) is 5.22. The van der Waals surface area contributed by atoms with Crippen LogP contribution in [0.5, 0.6) is 0 Å². The zero-order valence-electron chi connectivity index (χ0n) is 24.2. The third-order valence-corrected chi connectivity index (χ3v) is 8.65. The maximum Gasteiger partial charge on any atom is 0.341 e. The molecule has 6 rings (SSSR count). The molecule has 2 fully saturated rings. The Labute approximate surface area is 250 Å². The Balaban J connectivity index is 1.35. The number of amides is 1. The molecule has 218 valence electrons. The summed E-state index contributed by atoms with van der Waals surface area (Å²) in [7, 11) is 3.21. The molecule has 3 heterocycles. The maximum absolute atomic E-state index is 13.6. The molecule has 3 atom stereocenters. The number of rotatable bonds is 8. The zero-order valence-corrected chi connectivity index (χ0v) is 24.9. The Bertz CT molecular complexity index is 1630. The molecule has 1 aliphatic carbocycles. The number of ether oxygens (including phenoxy) is 1. The minimum Gasteiger partial charge on any atom is -0.465 e. The quantitative estimate of drug-likeness (QED) is 0.229. The lowest BCUT2D eigenvalue weighted by atomic mass is 9.96. The predicted molar refractivity (Wildman–Crippen MR) is 160 cm³/mol. The number of aromatic nitrogens is 5. The fourth-order valence-electron chi connectivity index (χ4n) is 6.31. The van der Waals surface area contributed by atoms with Crippen molar-refractivity contribution in [3.8, 4) is 16.8 Å². The van der Waals surface area contributed by atoms with Gasteiger partial charge in [0, 0.05) is 48.3 Å². The second kappa shape index (κ2) is 11.7. The summed E-state index contributed by atoms with van der Waals surface area (Å²) in [5.74, 6) is -0.195. The smallest absolute Gasteiger partial charge is 0.341 e. The summed E-state index contributed by atoms with van der Waals surface area (Å²) in [6.45, 7) is 2.98. The van der Waals surface area contributed by atoms with Gasteiger partial charge in [0.15, 0.2) is 0 Å². The largest absolute Gasteiger partial charge is 0.465 e. The van der Waals surface area contributed by atoms with Gasteiger partial charge >= 0.3 is 5.97 Å². The Morgan fingerprint density at radius 1 is 1.10 bits per heavy atom. The van der Waals surface area contributed by atoms with E-state index < -0.39 is 5.97 Å². The highest BCUT2D eigenvalue weighted by Crippen LogP contribution is 2.55. The van der Waals surface area contributed by atoms with Crippen molar-refractivity contribution in [1.82, 2.24) is 29.7 Å². The molecule has 4 aromatic rings. The first-order valence-electron chi connectivity index (χ1n) is 14.6. The van der Waals surface area contributed by atoms with Crippen LogP contribution in [0, 0.1) is 0 Å². The molecule has 1 saturated carbocycles. The minimum absolute atomic E-state index is 0.0299. The highest BCUT2D eigenvalue weighted by molar-refractivity contribution is 6.31. The van der Waals surface area contributed by atoms with Crippen LogP contribution in [0.2, 0.25) is 5.02 Å². The Hall–Kier alpha value is -3.98. The number of nitrogens with zero attached hydrogens (tertiary/aromatic N) is 6. The van der Waals surface area contributed by atoms with E-state index in [1.807, 2.05) is 55.7 Å². The summed E-state index contributed by atoms with van der Waals surface area (Å²) in [6, 6.07) is 13.8. The molecule has 0 spiro atoms. The standard InChI is InChI=1S/C32H35ClN6O3/c1-4-8-24-11-5-6-12-38(24)31(40)21-10-7-9-20(13-21)22-14-23(33)16-25(15-22)39-30(28(18-34-39)32(41)42-3)27-17-26(27)29-19-37(2)36-35-29/h7,9-10,13-16,18-19,24,26-27H,4-6,8,11-12,17H2,1-3H3/t24-,26?,27?/m1/s1. The number of piperidine rings is 1. The van der Waals surface area contributed by atoms with Crippen LogP contribution in [0.15, 0.2) is 54.9 Å². The number of hydrogen-bond acceptors (Lipinski definition) is 6. The Morgan fingerprint density at radius 2 is 1.95 bits per heavy atom. The monoisotopic (exact) mass is 586 g/mol. The normalized spacial score (nSPS) is 20.0. The topological polar surface area (TPSA) is 95.1 Å². The fourth-order valence-corrected chi connectivity index (χ4v) is 6.54. The van der Waals surface area contributed by atoms with E-state index in [4.69, 9.17) is 16.3 Å². The van der Waals surface area contributed by atoms with Crippen LogP contribution in [-0.2, 0) is 11.8 Å². The van der Waals surface area contributed by atoms with Crippen molar-refractivity contribution in [3.05, 3.63) is 82.4 Å². The molecular weight excluding hydrogens is 552 g/mol. The average Bonchev–Trinajstić information content (AvgIpc) is 3.45. The molecule has 1 saturated heterocycles. The zero-order chi connectivity index (χ0) is 29.4. The number of halogens is 1. The second-order valence-electron chi connectivity index (χ2n) is 11.3. The van der Waals surface area contributed by atoms with Gasteiger partial charge in [0.05, 0.1) is 30.4 Å². The van der Waals surface area contributed by atoms with Gasteiger partial charge in [-0.3, -0.25) is 9.48 Å². The van der Waals surface area contributed by atoms with Gasteiger partial charge in [0.2, 0.25) is 0 Å². The first kappa shape index (κ1) is 28.2. The van der Waals surface area contributed by atoms with Crippen molar-refractivity contribution in [3.63, 3.8) is 0 Å². The summed E-state index contributed by atoms with van der Waals surface area (Å²) in [5, 5.41) is 13.5. The molecule has 0 N–H and O–H groups in total. The van der Waals surface area contributed by atoms with Crippen molar-refractivity contribution in [1.29, 1.82) is 0 Å². The van der Waals surface area contributed by atoms with Crippen molar-refractivity contribution in [2.75, 3.05) is 13.7 Å². The fraction of sp³-hybridized carbons (Fsp3) is 0.406. The van der Waals surface area contributed by atoms with E-state index in [-0.39, 0.29) is 17.7 Å². The van der Waals surface area contributed by atoms with E-state index >= 15 is 0 Å². The molecule has 2 aromatic carbocycles. The van der Waals surface area contributed by atoms with Crippen LogP contribution >= 0.6 is 11.6 Å². The number of carbonyl (C=O) groups excluding carboxylic acids is 2. The molecule has 10 heteroatoms. The van der Waals surface area contributed by atoms with Crippen molar-refractivity contribution >= 4 is 23.5 Å². The summed E-state index contributed by atoms with van der Waals surface area (Å²) < 4.78 is 8.55. The Morgan fingerprint density at radius 3 is 2.71 bits per heavy atom. The second-order valence-corrected chi connectivity index (χ2v) is 11.8. The first-order valence-corrected chi connectivity index (χ1v) is 15.0. The van der Waals surface area contributed by atoms with Crippen molar-refractivity contribution < 1.29 is 14.3 Å². The van der Waals surface area contributed by atoms with Crippen LogP contribution < -0.4 is 0 Å². The Kier molecular flexibility index (Phi) is 7.86. The van der Waals surface area contributed by atoms with Gasteiger partial charge < -0.3 is 9.64 Å². The molecule has 1 amide bonds. The maximum atomic E-state index is 13.6. The summed E-state index contributed by atoms with van der Waals surface area (Å²) in [6.07, 6.45) is 9.66. The number of esters is 1. The van der Waals surface area contributed by atoms with Crippen LogP contribution in [0.3, 0.4) is 0 Å². The molecule has 2 unspecified atom stereocenters. The number of carbonyl (C=O) groups is 2. The van der Waals surface area contributed by atoms with E-state index in [1.54, 1.807) is 15.6 Å². The van der Waals surface area contributed by atoms with E-state index in [0.29, 0.717) is 22.2 Å². The molecule has 0 bridgehead atoms. The number of aryl methyl sites for hydroxylation is 1.